The molecule has 2 aliphatic rings. The molecule has 29 heavy (non-hydrogen) atoms. The van der Waals surface area contributed by atoms with Crippen LogP contribution in [0, 0.1) is 5.92 Å². The van der Waals surface area contributed by atoms with Crippen molar-refractivity contribution < 1.29 is 14.4 Å². The van der Waals surface area contributed by atoms with Gasteiger partial charge in [-0.15, -0.1) is 0 Å². The number of benzene rings is 1. The van der Waals surface area contributed by atoms with E-state index in [4.69, 9.17) is 11.6 Å². The summed E-state index contributed by atoms with van der Waals surface area (Å²) in [6.07, 6.45) is 6.03. The molecule has 3 amide bonds. The third-order valence-electron chi connectivity index (χ3n) is 5.43. The third-order valence-corrected chi connectivity index (χ3v) is 6.40. The van der Waals surface area contributed by atoms with Crippen LogP contribution in [0.15, 0.2) is 24.3 Å². The average molecular weight is 438 g/mol. The fourth-order valence-corrected chi connectivity index (χ4v) is 4.21. The van der Waals surface area contributed by atoms with E-state index in [2.05, 4.69) is 10.6 Å². The van der Waals surface area contributed by atoms with Gasteiger partial charge < -0.3 is 15.5 Å². The normalized spacial score (nSPS) is 18.2. The first kappa shape index (κ1) is 22.0. The second kappa shape index (κ2) is 10.3. The maximum absolute atomic E-state index is 12.9. The predicted octanol–water partition coefficient (Wildman–Crippen LogP) is 2.71. The van der Waals surface area contributed by atoms with Crippen molar-refractivity contribution in [2.45, 2.75) is 44.2 Å². The monoisotopic (exact) mass is 437 g/mol. The van der Waals surface area contributed by atoms with Gasteiger partial charge in [0.1, 0.15) is 6.04 Å². The molecule has 1 heterocycles. The van der Waals surface area contributed by atoms with Gasteiger partial charge >= 0.3 is 0 Å². The van der Waals surface area contributed by atoms with Crippen LogP contribution < -0.4 is 10.6 Å². The van der Waals surface area contributed by atoms with E-state index in [9.17, 15) is 14.4 Å². The third kappa shape index (κ3) is 6.12. The minimum Gasteiger partial charge on any atom is -0.351 e. The SMILES string of the molecule is CSCCC(NC(=O)c1ccccc1Cl)C(=O)NC1CCN(C(=O)C2CC2)CC1. The molecule has 0 bridgehead atoms. The summed E-state index contributed by atoms with van der Waals surface area (Å²) in [4.78, 5) is 39.5. The molecular weight excluding hydrogens is 410 g/mol. The molecule has 6 nitrogen and oxygen atoms in total. The smallest absolute Gasteiger partial charge is 0.253 e. The number of carbonyl (C=O) groups is 3. The maximum atomic E-state index is 12.9. The van der Waals surface area contributed by atoms with E-state index in [0.29, 0.717) is 30.1 Å². The van der Waals surface area contributed by atoms with Crippen LogP contribution in [-0.2, 0) is 9.59 Å². The minimum absolute atomic E-state index is 0.0275. The van der Waals surface area contributed by atoms with Crippen molar-refractivity contribution >= 4 is 41.1 Å². The summed E-state index contributed by atoms with van der Waals surface area (Å²) in [5.74, 6) is 0.736. The number of rotatable bonds is 8. The fourth-order valence-electron chi connectivity index (χ4n) is 3.52. The predicted molar refractivity (Wildman–Crippen MR) is 116 cm³/mol. The molecule has 1 unspecified atom stereocenters. The zero-order valence-corrected chi connectivity index (χ0v) is 18.2. The van der Waals surface area contributed by atoms with Crippen LogP contribution in [-0.4, -0.2) is 59.8 Å². The lowest BCUT2D eigenvalue weighted by molar-refractivity contribution is -0.133. The minimum atomic E-state index is -0.614. The number of likely N-dealkylation sites (tertiary alicyclic amines) is 1. The Bertz CT molecular complexity index is 748. The molecule has 0 spiro atoms. The van der Waals surface area contributed by atoms with Crippen LogP contribution in [0.4, 0.5) is 0 Å². The number of thioether (sulfide) groups is 1. The molecule has 0 radical (unpaired) electrons. The quantitative estimate of drug-likeness (QED) is 0.655. The Morgan fingerprint density at radius 1 is 1.17 bits per heavy atom. The molecule has 158 valence electrons. The zero-order chi connectivity index (χ0) is 20.8. The highest BCUT2D eigenvalue weighted by Crippen LogP contribution is 2.31. The van der Waals surface area contributed by atoms with Gasteiger partial charge in [0.2, 0.25) is 11.8 Å². The van der Waals surface area contributed by atoms with Crippen molar-refractivity contribution in [3.8, 4) is 0 Å². The Morgan fingerprint density at radius 2 is 1.86 bits per heavy atom. The van der Waals surface area contributed by atoms with Gasteiger partial charge in [-0.05, 0) is 56.2 Å². The average Bonchev–Trinajstić information content (AvgIpc) is 3.56. The van der Waals surface area contributed by atoms with E-state index in [-0.39, 0.29) is 29.7 Å². The molecule has 0 aromatic heterocycles. The van der Waals surface area contributed by atoms with Crippen molar-refractivity contribution in [1.82, 2.24) is 15.5 Å². The molecular formula is C21H28ClN3O3S. The molecule has 1 aliphatic heterocycles. The summed E-state index contributed by atoms with van der Waals surface area (Å²) < 4.78 is 0. The van der Waals surface area contributed by atoms with Crippen molar-refractivity contribution in [2.75, 3.05) is 25.1 Å². The molecule has 1 aromatic carbocycles. The molecule has 2 fully saturated rings. The van der Waals surface area contributed by atoms with Crippen LogP contribution in [0.25, 0.3) is 0 Å². The number of hydrogen-bond donors (Lipinski definition) is 2. The van der Waals surface area contributed by atoms with Gasteiger partial charge in [-0.25, -0.2) is 0 Å². The van der Waals surface area contributed by atoms with Gasteiger partial charge in [-0.2, -0.15) is 11.8 Å². The lowest BCUT2D eigenvalue weighted by atomic mass is 10.0. The first-order chi connectivity index (χ1) is 14.0. The lowest BCUT2D eigenvalue weighted by Crippen LogP contribution is -2.53. The molecule has 8 heteroatoms. The number of amides is 3. The van der Waals surface area contributed by atoms with Gasteiger partial charge in [0.15, 0.2) is 0 Å². The Morgan fingerprint density at radius 3 is 2.48 bits per heavy atom. The highest BCUT2D eigenvalue weighted by molar-refractivity contribution is 7.98. The molecule has 2 N–H and O–H groups in total. The number of halogens is 1. The molecule has 1 atom stereocenters. The molecule has 1 saturated heterocycles. The summed E-state index contributed by atoms with van der Waals surface area (Å²) in [7, 11) is 0. The molecule has 1 aliphatic carbocycles. The Labute approximate surface area is 181 Å². The van der Waals surface area contributed by atoms with E-state index >= 15 is 0 Å². The van der Waals surface area contributed by atoms with E-state index in [1.807, 2.05) is 11.2 Å². The first-order valence-electron chi connectivity index (χ1n) is 10.1. The summed E-state index contributed by atoms with van der Waals surface area (Å²) in [5, 5.41) is 6.27. The Kier molecular flexibility index (Phi) is 7.84. The molecule has 1 aromatic rings. The van der Waals surface area contributed by atoms with E-state index in [1.165, 1.54) is 0 Å². The highest BCUT2D eigenvalue weighted by Gasteiger charge is 2.35. The number of nitrogens with one attached hydrogen (secondary N) is 2. The summed E-state index contributed by atoms with van der Waals surface area (Å²) in [6, 6.07) is 6.22. The van der Waals surface area contributed by atoms with Crippen LogP contribution in [0.2, 0.25) is 5.02 Å². The maximum Gasteiger partial charge on any atom is 0.253 e. The summed E-state index contributed by atoms with van der Waals surface area (Å²) in [5.41, 5.74) is 0.364. The van der Waals surface area contributed by atoms with Gasteiger partial charge in [0.05, 0.1) is 10.6 Å². The van der Waals surface area contributed by atoms with Crippen molar-refractivity contribution in [3.63, 3.8) is 0 Å². The summed E-state index contributed by atoms with van der Waals surface area (Å²) in [6.45, 7) is 1.36. The molecule has 3 rings (SSSR count). The van der Waals surface area contributed by atoms with Crippen molar-refractivity contribution in [3.05, 3.63) is 34.9 Å². The van der Waals surface area contributed by atoms with E-state index in [1.54, 1.807) is 36.0 Å². The largest absolute Gasteiger partial charge is 0.351 e. The second-order valence-electron chi connectivity index (χ2n) is 7.67. The Hall–Kier alpha value is -1.73. The van der Waals surface area contributed by atoms with E-state index in [0.717, 1.165) is 31.4 Å². The van der Waals surface area contributed by atoms with Crippen LogP contribution in [0.3, 0.4) is 0 Å². The Balaban J connectivity index is 1.54. The topological polar surface area (TPSA) is 78.5 Å². The number of piperidine rings is 1. The molecule has 1 saturated carbocycles. The van der Waals surface area contributed by atoms with Gasteiger partial charge in [0, 0.05) is 25.0 Å². The van der Waals surface area contributed by atoms with Crippen LogP contribution >= 0.6 is 23.4 Å². The van der Waals surface area contributed by atoms with Crippen molar-refractivity contribution in [2.24, 2.45) is 5.92 Å². The van der Waals surface area contributed by atoms with Crippen molar-refractivity contribution in [1.29, 1.82) is 0 Å². The highest BCUT2D eigenvalue weighted by atomic mass is 35.5. The van der Waals surface area contributed by atoms with Crippen LogP contribution in [0.5, 0.6) is 0 Å². The first-order valence-corrected chi connectivity index (χ1v) is 11.9. The van der Waals surface area contributed by atoms with Gasteiger partial charge in [-0.3, -0.25) is 14.4 Å². The number of nitrogens with zero attached hydrogens (tertiary/aromatic N) is 1. The second-order valence-corrected chi connectivity index (χ2v) is 9.06. The van der Waals surface area contributed by atoms with Gasteiger partial charge in [-0.1, -0.05) is 23.7 Å². The fraction of sp³-hybridized carbons (Fsp3) is 0.571. The van der Waals surface area contributed by atoms with Crippen LogP contribution in [0.1, 0.15) is 42.5 Å². The standard InChI is InChI=1S/C21H28ClN3O3S/c1-29-13-10-18(24-19(26)16-4-2-3-5-17(16)22)20(27)23-15-8-11-25(12-9-15)21(28)14-6-7-14/h2-5,14-15,18H,6-13H2,1H3,(H,23,27)(H,24,26). The lowest BCUT2D eigenvalue weighted by Gasteiger charge is -2.33. The summed E-state index contributed by atoms with van der Waals surface area (Å²) >= 11 is 7.74. The van der Waals surface area contributed by atoms with E-state index < -0.39 is 6.04 Å². The van der Waals surface area contributed by atoms with Gasteiger partial charge in [0.25, 0.3) is 5.91 Å². The number of carbonyl (C=O) groups excluding carboxylic acids is 3. The zero-order valence-electron chi connectivity index (χ0n) is 16.7. The number of hydrogen-bond acceptors (Lipinski definition) is 4.